The SMILES string of the molecule is CN(C)Cc1ccccc1Cc1csc(CN)n1. The Kier molecular flexibility index (Phi) is 4.47. The zero-order chi connectivity index (χ0) is 13.0. The Hall–Kier alpha value is -1.23. The predicted octanol–water partition coefficient (Wildman–Crippen LogP) is 2.25. The van der Waals surface area contributed by atoms with Crippen LogP contribution in [0.5, 0.6) is 0 Å². The lowest BCUT2D eigenvalue weighted by molar-refractivity contribution is 0.401. The molecule has 3 nitrogen and oxygen atoms in total. The van der Waals surface area contributed by atoms with E-state index in [-0.39, 0.29) is 0 Å². The Bertz CT molecular complexity index is 505. The van der Waals surface area contributed by atoms with Crippen molar-refractivity contribution in [1.82, 2.24) is 9.88 Å². The van der Waals surface area contributed by atoms with Gasteiger partial charge in [0.05, 0.1) is 5.69 Å². The minimum atomic E-state index is 0.532. The van der Waals surface area contributed by atoms with Gasteiger partial charge in [-0.15, -0.1) is 11.3 Å². The van der Waals surface area contributed by atoms with E-state index in [9.17, 15) is 0 Å². The van der Waals surface area contributed by atoms with Crippen LogP contribution in [0.15, 0.2) is 29.6 Å². The summed E-state index contributed by atoms with van der Waals surface area (Å²) in [7, 11) is 4.18. The molecule has 0 spiro atoms. The van der Waals surface area contributed by atoms with E-state index in [1.54, 1.807) is 11.3 Å². The van der Waals surface area contributed by atoms with Crippen molar-refractivity contribution in [3.63, 3.8) is 0 Å². The second kappa shape index (κ2) is 6.09. The van der Waals surface area contributed by atoms with E-state index in [0.717, 1.165) is 23.7 Å². The van der Waals surface area contributed by atoms with E-state index in [1.165, 1.54) is 11.1 Å². The van der Waals surface area contributed by atoms with E-state index in [2.05, 4.69) is 53.6 Å². The summed E-state index contributed by atoms with van der Waals surface area (Å²) in [5, 5.41) is 3.12. The summed E-state index contributed by atoms with van der Waals surface area (Å²) < 4.78 is 0. The van der Waals surface area contributed by atoms with Gasteiger partial charge in [0.15, 0.2) is 0 Å². The van der Waals surface area contributed by atoms with E-state index < -0.39 is 0 Å². The highest BCUT2D eigenvalue weighted by Crippen LogP contribution is 2.17. The van der Waals surface area contributed by atoms with Gasteiger partial charge in [-0.2, -0.15) is 0 Å². The zero-order valence-corrected chi connectivity index (χ0v) is 11.7. The van der Waals surface area contributed by atoms with Crippen LogP contribution in [0.3, 0.4) is 0 Å². The first-order chi connectivity index (χ1) is 8.69. The van der Waals surface area contributed by atoms with Crippen LogP contribution in [0.25, 0.3) is 0 Å². The highest BCUT2D eigenvalue weighted by atomic mass is 32.1. The minimum absolute atomic E-state index is 0.532. The Morgan fingerprint density at radius 1 is 1.22 bits per heavy atom. The van der Waals surface area contributed by atoms with Crippen LogP contribution in [0, 0.1) is 0 Å². The number of nitrogens with zero attached hydrogens (tertiary/aromatic N) is 2. The summed E-state index contributed by atoms with van der Waals surface area (Å²) in [6.07, 6.45) is 0.889. The van der Waals surface area contributed by atoms with Crippen LogP contribution < -0.4 is 5.73 Å². The fraction of sp³-hybridized carbons (Fsp3) is 0.357. The Morgan fingerprint density at radius 2 is 1.94 bits per heavy atom. The third kappa shape index (κ3) is 3.38. The normalized spacial score (nSPS) is 11.1. The topological polar surface area (TPSA) is 42.1 Å². The zero-order valence-electron chi connectivity index (χ0n) is 10.9. The van der Waals surface area contributed by atoms with Crippen LogP contribution in [0.4, 0.5) is 0 Å². The summed E-state index contributed by atoms with van der Waals surface area (Å²) in [6, 6.07) is 8.55. The molecule has 0 unspecified atom stereocenters. The first-order valence-corrected chi connectivity index (χ1v) is 6.92. The first kappa shape index (κ1) is 13.2. The molecular weight excluding hydrogens is 242 g/mol. The van der Waals surface area contributed by atoms with Crippen molar-refractivity contribution in [3.8, 4) is 0 Å². The van der Waals surface area contributed by atoms with Gasteiger partial charge in [-0.3, -0.25) is 0 Å². The van der Waals surface area contributed by atoms with Crippen LogP contribution in [-0.2, 0) is 19.5 Å². The molecule has 0 aliphatic carbocycles. The predicted molar refractivity (Wildman–Crippen MR) is 76.6 cm³/mol. The van der Waals surface area contributed by atoms with Crippen molar-refractivity contribution in [2.24, 2.45) is 5.73 Å². The molecule has 0 aliphatic rings. The van der Waals surface area contributed by atoms with Crippen LogP contribution in [0.2, 0.25) is 0 Å². The molecule has 18 heavy (non-hydrogen) atoms. The Labute approximate surface area is 112 Å². The number of nitrogens with two attached hydrogens (primary N) is 1. The third-order valence-electron chi connectivity index (χ3n) is 2.75. The third-order valence-corrected chi connectivity index (χ3v) is 3.67. The molecule has 2 aromatic rings. The summed E-state index contributed by atoms with van der Waals surface area (Å²) in [5.41, 5.74) is 9.42. The van der Waals surface area contributed by atoms with Gasteiger partial charge in [0.1, 0.15) is 5.01 Å². The number of thiazole rings is 1. The molecule has 2 rings (SSSR count). The molecule has 0 aliphatic heterocycles. The molecule has 0 amide bonds. The van der Waals surface area contributed by atoms with Crippen molar-refractivity contribution >= 4 is 11.3 Å². The molecule has 0 saturated heterocycles. The molecule has 0 atom stereocenters. The highest BCUT2D eigenvalue weighted by Gasteiger charge is 2.06. The highest BCUT2D eigenvalue weighted by molar-refractivity contribution is 7.09. The number of rotatable bonds is 5. The Balaban J connectivity index is 2.17. The average Bonchev–Trinajstić information content (AvgIpc) is 2.79. The molecule has 2 N–H and O–H groups in total. The van der Waals surface area contributed by atoms with Gasteiger partial charge in [0.25, 0.3) is 0 Å². The molecule has 4 heteroatoms. The number of hydrogen-bond donors (Lipinski definition) is 1. The second-order valence-corrected chi connectivity index (χ2v) is 5.56. The maximum atomic E-state index is 5.59. The fourth-order valence-electron chi connectivity index (χ4n) is 1.94. The van der Waals surface area contributed by atoms with Gasteiger partial charge in [0.2, 0.25) is 0 Å². The largest absolute Gasteiger partial charge is 0.325 e. The minimum Gasteiger partial charge on any atom is -0.325 e. The van der Waals surface area contributed by atoms with Crippen LogP contribution in [0.1, 0.15) is 21.8 Å². The summed E-state index contributed by atoms with van der Waals surface area (Å²) in [4.78, 5) is 6.71. The van der Waals surface area contributed by atoms with Gasteiger partial charge in [-0.05, 0) is 25.2 Å². The van der Waals surface area contributed by atoms with Gasteiger partial charge in [-0.25, -0.2) is 4.98 Å². The fourth-order valence-corrected chi connectivity index (χ4v) is 2.62. The van der Waals surface area contributed by atoms with Gasteiger partial charge in [0, 0.05) is 24.9 Å². The van der Waals surface area contributed by atoms with E-state index >= 15 is 0 Å². The van der Waals surface area contributed by atoms with E-state index in [0.29, 0.717) is 6.54 Å². The maximum Gasteiger partial charge on any atom is 0.106 e. The molecular formula is C14H19N3S. The van der Waals surface area contributed by atoms with Crippen molar-refractivity contribution in [1.29, 1.82) is 0 Å². The van der Waals surface area contributed by atoms with Crippen molar-refractivity contribution in [3.05, 3.63) is 51.5 Å². The lowest BCUT2D eigenvalue weighted by Gasteiger charge is -2.13. The van der Waals surface area contributed by atoms with Gasteiger partial charge in [-0.1, -0.05) is 24.3 Å². The molecule has 1 aromatic heterocycles. The molecule has 0 bridgehead atoms. The van der Waals surface area contributed by atoms with E-state index in [4.69, 9.17) is 5.73 Å². The van der Waals surface area contributed by atoms with E-state index in [1.807, 2.05) is 0 Å². The van der Waals surface area contributed by atoms with Crippen molar-refractivity contribution < 1.29 is 0 Å². The quantitative estimate of drug-likeness (QED) is 0.897. The second-order valence-electron chi connectivity index (χ2n) is 4.62. The van der Waals surface area contributed by atoms with Crippen LogP contribution >= 0.6 is 11.3 Å². The smallest absolute Gasteiger partial charge is 0.106 e. The summed E-state index contributed by atoms with van der Waals surface area (Å²) in [6.45, 7) is 1.49. The van der Waals surface area contributed by atoms with Gasteiger partial charge >= 0.3 is 0 Å². The lowest BCUT2D eigenvalue weighted by atomic mass is 10.0. The maximum absolute atomic E-state index is 5.59. The van der Waals surface area contributed by atoms with Crippen molar-refractivity contribution in [2.75, 3.05) is 14.1 Å². The standard InChI is InChI=1S/C14H19N3S/c1-17(2)9-12-6-4-3-5-11(12)7-13-10-18-14(8-15)16-13/h3-6,10H,7-9,15H2,1-2H3. The molecule has 96 valence electrons. The Morgan fingerprint density at radius 3 is 2.56 bits per heavy atom. The monoisotopic (exact) mass is 261 g/mol. The molecule has 1 aromatic carbocycles. The summed E-state index contributed by atoms with van der Waals surface area (Å²) >= 11 is 1.64. The molecule has 0 radical (unpaired) electrons. The first-order valence-electron chi connectivity index (χ1n) is 6.04. The van der Waals surface area contributed by atoms with Crippen LogP contribution in [-0.4, -0.2) is 24.0 Å². The number of aromatic nitrogens is 1. The number of hydrogen-bond acceptors (Lipinski definition) is 4. The molecule has 1 heterocycles. The molecule has 0 saturated carbocycles. The van der Waals surface area contributed by atoms with Crippen molar-refractivity contribution in [2.45, 2.75) is 19.5 Å². The summed E-state index contributed by atoms with van der Waals surface area (Å²) in [5.74, 6) is 0. The number of benzene rings is 1. The van der Waals surface area contributed by atoms with Gasteiger partial charge < -0.3 is 10.6 Å². The average molecular weight is 261 g/mol. The molecule has 0 fully saturated rings. The lowest BCUT2D eigenvalue weighted by Crippen LogP contribution is -2.12.